The maximum absolute atomic E-state index is 6.05. The smallest absolute Gasteiger partial charge is 0.0380 e. The second-order valence-electron chi connectivity index (χ2n) is 4.67. The number of hydrogen-bond donors (Lipinski definition) is 1. The van der Waals surface area contributed by atoms with Gasteiger partial charge in [0.25, 0.3) is 0 Å². The van der Waals surface area contributed by atoms with Crippen molar-refractivity contribution in [3.63, 3.8) is 0 Å². The number of rotatable bonds is 5. The van der Waals surface area contributed by atoms with Gasteiger partial charge < -0.3 is 5.32 Å². The van der Waals surface area contributed by atoms with Crippen molar-refractivity contribution in [3.05, 3.63) is 35.9 Å². The first-order chi connectivity index (χ1) is 7.90. The molecule has 1 saturated carbocycles. The molecular formula is C14H20ClN. The van der Waals surface area contributed by atoms with Crippen molar-refractivity contribution in [1.82, 2.24) is 5.32 Å². The lowest BCUT2D eigenvalue weighted by atomic mass is 9.99. The first-order valence-corrected chi connectivity index (χ1v) is 6.77. The van der Waals surface area contributed by atoms with Crippen molar-refractivity contribution in [2.24, 2.45) is 5.92 Å². The van der Waals surface area contributed by atoms with E-state index in [1.165, 1.54) is 31.2 Å². The molecule has 0 amide bonds. The van der Waals surface area contributed by atoms with Crippen molar-refractivity contribution in [2.75, 3.05) is 5.88 Å². The van der Waals surface area contributed by atoms with Gasteiger partial charge in [0.2, 0.25) is 0 Å². The van der Waals surface area contributed by atoms with Crippen LogP contribution in [0.15, 0.2) is 30.3 Å². The van der Waals surface area contributed by atoms with Crippen molar-refractivity contribution >= 4 is 11.6 Å². The highest BCUT2D eigenvalue weighted by atomic mass is 35.5. The molecule has 1 nitrogen and oxygen atoms in total. The maximum atomic E-state index is 6.05. The number of hydrogen-bond acceptors (Lipinski definition) is 1. The van der Waals surface area contributed by atoms with Crippen LogP contribution >= 0.6 is 11.6 Å². The third-order valence-corrected chi connectivity index (χ3v) is 3.88. The Balaban J connectivity index is 1.83. The van der Waals surface area contributed by atoms with E-state index in [1.54, 1.807) is 0 Å². The molecule has 1 aliphatic carbocycles. The molecule has 0 aromatic heterocycles. The first kappa shape index (κ1) is 11.9. The zero-order valence-corrected chi connectivity index (χ0v) is 10.4. The Morgan fingerprint density at radius 2 is 1.88 bits per heavy atom. The molecule has 1 aliphatic rings. The van der Waals surface area contributed by atoms with Crippen molar-refractivity contribution in [3.8, 4) is 0 Å². The van der Waals surface area contributed by atoms with E-state index < -0.39 is 0 Å². The second kappa shape index (κ2) is 6.27. The summed E-state index contributed by atoms with van der Waals surface area (Å²) in [7, 11) is 0. The van der Waals surface area contributed by atoms with Crippen LogP contribution < -0.4 is 5.32 Å². The van der Waals surface area contributed by atoms with Gasteiger partial charge in [-0.2, -0.15) is 0 Å². The Kier molecular flexibility index (Phi) is 4.68. The van der Waals surface area contributed by atoms with Gasteiger partial charge in [0.05, 0.1) is 0 Å². The highest BCUT2D eigenvalue weighted by Gasteiger charge is 2.23. The minimum absolute atomic E-state index is 0.490. The Morgan fingerprint density at radius 1 is 1.19 bits per heavy atom. The molecule has 88 valence electrons. The van der Waals surface area contributed by atoms with E-state index in [-0.39, 0.29) is 0 Å². The van der Waals surface area contributed by atoms with E-state index in [9.17, 15) is 0 Å². The standard InChI is InChI=1S/C14H20ClN/c15-10-14(13-8-4-5-9-13)16-11-12-6-2-1-3-7-12/h1-3,6-7,13-14,16H,4-5,8-11H2. The highest BCUT2D eigenvalue weighted by molar-refractivity contribution is 6.18. The fraction of sp³-hybridized carbons (Fsp3) is 0.571. The van der Waals surface area contributed by atoms with E-state index in [1.807, 2.05) is 0 Å². The molecule has 1 N–H and O–H groups in total. The Hall–Kier alpha value is -0.530. The lowest BCUT2D eigenvalue weighted by Crippen LogP contribution is -2.36. The zero-order chi connectivity index (χ0) is 11.2. The fourth-order valence-electron chi connectivity index (χ4n) is 2.55. The topological polar surface area (TPSA) is 12.0 Å². The highest BCUT2D eigenvalue weighted by Crippen LogP contribution is 2.28. The van der Waals surface area contributed by atoms with Gasteiger partial charge in [-0.25, -0.2) is 0 Å². The molecule has 0 aliphatic heterocycles. The van der Waals surface area contributed by atoms with Crippen LogP contribution in [0.3, 0.4) is 0 Å². The Bertz CT molecular complexity index is 293. The third-order valence-electron chi connectivity index (χ3n) is 3.55. The predicted octanol–water partition coefficient (Wildman–Crippen LogP) is 3.57. The maximum Gasteiger partial charge on any atom is 0.0380 e. The van der Waals surface area contributed by atoms with Gasteiger partial charge in [0, 0.05) is 18.5 Å². The number of alkyl halides is 1. The molecule has 0 spiro atoms. The summed E-state index contributed by atoms with van der Waals surface area (Å²) in [5, 5.41) is 3.60. The van der Waals surface area contributed by atoms with E-state index in [0.29, 0.717) is 6.04 Å². The van der Waals surface area contributed by atoms with E-state index in [2.05, 4.69) is 35.6 Å². The molecule has 2 heteroatoms. The van der Waals surface area contributed by atoms with Crippen molar-refractivity contribution in [1.29, 1.82) is 0 Å². The lowest BCUT2D eigenvalue weighted by molar-refractivity contribution is 0.384. The number of benzene rings is 1. The van der Waals surface area contributed by atoms with E-state index in [0.717, 1.165) is 18.3 Å². The zero-order valence-electron chi connectivity index (χ0n) is 9.66. The summed E-state index contributed by atoms with van der Waals surface area (Å²) < 4.78 is 0. The summed E-state index contributed by atoms with van der Waals surface area (Å²) in [6.07, 6.45) is 5.45. The summed E-state index contributed by atoms with van der Waals surface area (Å²) in [6.45, 7) is 0.939. The van der Waals surface area contributed by atoms with Gasteiger partial charge in [-0.1, -0.05) is 43.2 Å². The average molecular weight is 238 g/mol. The molecular weight excluding hydrogens is 218 g/mol. The molecule has 16 heavy (non-hydrogen) atoms. The number of nitrogens with one attached hydrogen (secondary N) is 1. The first-order valence-electron chi connectivity index (χ1n) is 6.23. The van der Waals surface area contributed by atoms with Crippen LogP contribution in [0.4, 0.5) is 0 Å². The van der Waals surface area contributed by atoms with Crippen LogP contribution in [-0.4, -0.2) is 11.9 Å². The van der Waals surface area contributed by atoms with E-state index >= 15 is 0 Å². The van der Waals surface area contributed by atoms with Crippen LogP contribution in [0.25, 0.3) is 0 Å². The normalized spacial score (nSPS) is 18.8. The Morgan fingerprint density at radius 3 is 2.50 bits per heavy atom. The summed E-state index contributed by atoms with van der Waals surface area (Å²) in [4.78, 5) is 0. The molecule has 1 fully saturated rings. The summed E-state index contributed by atoms with van der Waals surface area (Å²) in [6, 6.07) is 11.0. The van der Waals surface area contributed by atoms with Gasteiger partial charge in [-0.05, 0) is 24.3 Å². The van der Waals surface area contributed by atoms with Gasteiger partial charge >= 0.3 is 0 Å². The molecule has 0 bridgehead atoms. The summed E-state index contributed by atoms with van der Waals surface area (Å²) >= 11 is 6.05. The molecule has 2 rings (SSSR count). The number of halogens is 1. The quantitative estimate of drug-likeness (QED) is 0.772. The van der Waals surface area contributed by atoms with E-state index in [4.69, 9.17) is 11.6 Å². The van der Waals surface area contributed by atoms with Crippen LogP contribution in [0, 0.1) is 5.92 Å². The monoisotopic (exact) mass is 237 g/mol. The predicted molar refractivity (Wildman–Crippen MR) is 69.7 cm³/mol. The average Bonchev–Trinajstić information content (AvgIpc) is 2.85. The van der Waals surface area contributed by atoms with Gasteiger partial charge in [0.15, 0.2) is 0 Å². The van der Waals surface area contributed by atoms with Crippen molar-refractivity contribution in [2.45, 2.75) is 38.3 Å². The molecule has 0 saturated heterocycles. The minimum atomic E-state index is 0.490. The van der Waals surface area contributed by atoms with Crippen LogP contribution in [0.2, 0.25) is 0 Å². The van der Waals surface area contributed by atoms with Gasteiger partial charge in [-0.15, -0.1) is 11.6 Å². The summed E-state index contributed by atoms with van der Waals surface area (Å²) in [5.41, 5.74) is 1.34. The third kappa shape index (κ3) is 3.23. The Labute approximate surface area is 103 Å². The van der Waals surface area contributed by atoms with Crippen LogP contribution in [0.5, 0.6) is 0 Å². The molecule has 1 atom stereocenters. The minimum Gasteiger partial charge on any atom is -0.308 e. The van der Waals surface area contributed by atoms with Gasteiger partial charge in [0.1, 0.15) is 0 Å². The van der Waals surface area contributed by atoms with Crippen LogP contribution in [0.1, 0.15) is 31.2 Å². The molecule has 1 aromatic carbocycles. The molecule has 1 unspecified atom stereocenters. The lowest BCUT2D eigenvalue weighted by Gasteiger charge is -2.22. The SMILES string of the molecule is ClCC(NCc1ccccc1)C1CCCC1. The molecule has 1 aromatic rings. The van der Waals surface area contributed by atoms with Gasteiger partial charge in [-0.3, -0.25) is 0 Å². The van der Waals surface area contributed by atoms with Crippen molar-refractivity contribution < 1.29 is 0 Å². The second-order valence-corrected chi connectivity index (χ2v) is 4.98. The molecule has 0 heterocycles. The molecule has 0 radical (unpaired) electrons. The largest absolute Gasteiger partial charge is 0.308 e. The summed E-state index contributed by atoms with van der Waals surface area (Å²) in [5.74, 6) is 1.53. The van der Waals surface area contributed by atoms with Crippen LogP contribution in [-0.2, 0) is 6.54 Å². The fourth-order valence-corrected chi connectivity index (χ4v) is 2.91.